The molecule has 49 heavy (non-hydrogen) atoms. The summed E-state index contributed by atoms with van der Waals surface area (Å²) in [5, 5.41) is 14.2. The van der Waals surface area contributed by atoms with Gasteiger partial charge in [-0.3, -0.25) is 0 Å². The van der Waals surface area contributed by atoms with E-state index in [4.69, 9.17) is 8.83 Å². The Labute approximate surface area is 280 Å². The zero-order valence-corrected chi connectivity index (χ0v) is 26.4. The van der Waals surface area contributed by atoms with Crippen LogP contribution in [0, 0.1) is 0 Å². The van der Waals surface area contributed by atoms with Crippen LogP contribution in [-0.2, 0) is 0 Å². The molecule has 9 aromatic carbocycles. The monoisotopic (exact) mass is 625 g/mol. The van der Waals surface area contributed by atoms with Crippen molar-refractivity contribution in [2.75, 3.05) is 4.90 Å². The first-order valence-electron chi connectivity index (χ1n) is 16.7. The van der Waals surface area contributed by atoms with Crippen LogP contribution in [0.1, 0.15) is 0 Å². The fourth-order valence-electron chi connectivity index (χ4n) is 7.90. The fraction of sp³-hybridized carbons (Fsp3) is 0. The molecule has 0 N–H and O–H groups in total. The summed E-state index contributed by atoms with van der Waals surface area (Å²) < 4.78 is 12.7. The molecule has 11 rings (SSSR count). The normalized spacial score (nSPS) is 12.1. The van der Waals surface area contributed by atoms with Crippen molar-refractivity contribution in [3.05, 3.63) is 164 Å². The largest absolute Gasteiger partial charge is 0.456 e. The predicted molar refractivity (Wildman–Crippen MR) is 206 cm³/mol. The predicted octanol–water partition coefficient (Wildman–Crippen LogP) is 13.6. The van der Waals surface area contributed by atoms with Gasteiger partial charge in [0, 0.05) is 44.4 Å². The molecule has 0 atom stereocenters. The average molecular weight is 626 g/mol. The number of hydrogen-bond donors (Lipinski definition) is 0. The van der Waals surface area contributed by atoms with Gasteiger partial charge in [-0.25, -0.2) is 0 Å². The van der Waals surface area contributed by atoms with Crippen molar-refractivity contribution in [2.24, 2.45) is 0 Å². The number of para-hydroxylation sites is 2. The standard InChI is InChI=1S/C46H27NO2/c1-2-9-33-28(8-1)19-22-35-34(33)12-7-13-42(35)47(32-21-23-38-36-10-3-5-14-43(36)49-46(38)26-32)31-20-18-29-16-17-30-24-45-41(27-40(30)39(29)25-31)37-11-4-6-15-44(37)48-45/h1-27H. The van der Waals surface area contributed by atoms with Crippen molar-refractivity contribution in [3.8, 4) is 0 Å². The van der Waals surface area contributed by atoms with Gasteiger partial charge in [0.05, 0.1) is 5.69 Å². The van der Waals surface area contributed by atoms with Gasteiger partial charge in [-0.15, -0.1) is 0 Å². The molecule has 2 aromatic heterocycles. The van der Waals surface area contributed by atoms with Crippen molar-refractivity contribution >= 4 is 104 Å². The van der Waals surface area contributed by atoms with E-state index in [2.05, 4.69) is 144 Å². The third-order valence-corrected chi connectivity index (χ3v) is 10.2. The van der Waals surface area contributed by atoms with Crippen LogP contribution in [0.4, 0.5) is 17.1 Å². The lowest BCUT2D eigenvalue weighted by atomic mass is 9.98. The van der Waals surface area contributed by atoms with Crippen LogP contribution in [0.15, 0.2) is 173 Å². The Morgan fingerprint density at radius 2 is 0.837 bits per heavy atom. The third kappa shape index (κ3) is 3.90. The SMILES string of the molecule is c1ccc2c(c1)ccc1c(N(c3ccc4c(c3)oc3ccccc34)c3ccc4ccc5cc6oc7ccccc7c6cc5c4c3)cccc12. The van der Waals surface area contributed by atoms with Crippen molar-refractivity contribution in [1.82, 2.24) is 0 Å². The van der Waals surface area contributed by atoms with Crippen LogP contribution in [-0.4, -0.2) is 0 Å². The van der Waals surface area contributed by atoms with Crippen LogP contribution in [0.25, 0.3) is 87.0 Å². The molecule has 0 aliphatic heterocycles. The van der Waals surface area contributed by atoms with E-state index in [0.29, 0.717) is 0 Å². The summed E-state index contributed by atoms with van der Waals surface area (Å²) in [4.78, 5) is 2.38. The molecule has 0 aliphatic carbocycles. The lowest BCUT2D eigenvalue weighted by molar-refractivity contribution is 0.669. The van der Waals surface area contributed by atoms with Gasteiger partial charge < -0.3 is 13.7 Å². The minimum absolute atomic E-state index is 0.870. The quantitative estimate of drug-likeness (QED) is 0.183. The number of fused-ring (bicyclic) bond motifs is 12. The molecule has 0 fully saturated rings. The number of nitrogens with zero attached hydrogens (tertiary/aromatic N) is 1. The zero-order chi connectivity index (χ0) is 32.1. The smallest absolute Gasteiger partial charge is 0.137 e. The van der Waals surface area contributed by atoms with E-state index in [1.165, 1.54) is 37.7 Å². The zero-order valence-electron chi connectivity index (χ0n) is 26.4. The third-order valence-electron chi connectivity index (χ3n) is 10.2. The summed E-state index contributed by atoms with van der Waals surface area (Å²) in [5.74, 6) is 0. The second kappa shape index (κ2) is 9.96. The topological polar surface area (TPSA) is 29.5 Å². The second-order valence-corrected chi connectivity index (χ2v) is 12.9. The number of rotatable bonds is 3. The van der Waals surface area contributed by atoms with Gasteiger partial charge in [-0.05, 0) is 92.3 Å². The highest BCUT2D eigenvalue weighted by Crippen LogP contribution is 2.44. The van der Waals surface area contributed by atoms with E-state index < -0.39 is 0 Å². The Bertz CT molecular complexity index is 3130. The first kappa shape index (κ1) is 26.5. The maximum absolute atomic E-state index is 6.42. The molecule has 11 aromatic rings. The van der Waals surface area contributed by atoms with Gasteiger partial charge in [-0.1, -0.05) is 103 Å². The van der Waals surface area contributed by atoms with E-state index in [-0.39, 0.29) is 0 Å². The number of benzene rings is 9. The van der Waals surface area contributed by atoms with Crippen LogP contribution < -0.4 is 4.90 Å². The highest BCUT2D eigenvalue weighted by Gasteiger charge is 2.19. The van der Waals surface area contributed by atoms with Crippen molar-refractivity contribution in [3.63, 3.8) is 0 Å². The lowest BCUT2D eigenvalue weighted by Gasteiger charge is -2.27. The molecule has 0 bridgehead atoms. The van der Waals surface area contributed by atoms with Crippen molar-refractivity contribution in [2.45, 2.75) is 0 Å². The first-order valence-corrected chi connectivity index (χ1v) is 16.7. The molecule has 0 saturated carbocycles. The average Bonchev–Trinajstić information content (AvgIpc) is 3.71. The van der Waals surface area contributed by atoms with Crippen LogP contribution in [0.3, 0.4) is 0 Å². The van der Waals surface area contributed by atoms with Gasteiger partial charge in [-0.2, -0.15) is 0 Å². The van der Waals surface area contributed by atoms with E-state index in [9.17, 15) is 0 Å². The molecule has 3 nitrogen and oxygen atoms in total. The molecule has 0 spiro atoms. The van der Waals surface area contributed by atoms with Crippen LogP contribution >= 0.6 is 0 Å². The summed E-state index contributed by atoms with van der Waals surface area (Å²) in [6.45, 7) is 0. The van der Waals surface area contributed by atoms with E-state index >= 15 is 0 Å². The molecular weight excluding hydrogens is 599 g/mol. The molecule has 0 radical (unpaired) electrons. The Balaban J connectivity index is 1.20. The molecule has 0 amide bonds. The summed E-state index contributed by atoms with van der Waals surface area (Å²) in [6, 6.07) is 58.6. The molecule has 0 unspecified atom stereocenters. The summed E-state index contributed by atoms with van der Waals surface area (Å²) >= 11 is 0. The molecule has 0 saturated heterocycles. The highest BCUT2D eigenvalue weighted by molar-refractivity contribution is 6.18. The van der Waals surface area contributed by atoms with E-state index in [0.717, 1.165) is 66.3 Å². The van der Waals surface area contributed by atoms with Gasteiger partial charge in [0.25, 0.3) is 0 Å². The number of anilines is 3. The van der Waals surface area contributed by atoms with Crippen molar-refractivity contribution < 1.29 is 8.83 Å². The highest BCUT2D eigenvalue weighted by atomic mass is 16.3. The van der Waals surface area contributed by atoms with Crippen LogP contribution in [0.5, 0.6) is 0 Å². The van der Waals surface area contributed by atoms with E-state index in [1.54, 1.807) is 0 Å². The first-order chi connectivity index (χ1) is 24.3. The minimum atomic E-state index is 0.870. The van der Waals surface area contributed by atoms with Gasteiger partial charge in [0.2, 0.25) is 0 Å². The van der Waals surface area contributed by atoms with Gasteiger partial charge in [0.1, 0.15) is 22.3 Å². The molecular formula is C46H27NO2. The lowest BCUT2D eigenvalue weighted by Crippen LogP contribution is -2.10. The molecule has 228 valence electrons. The number of hydrogen-bond acceptors (Lipinski definition) is 3. The maximum atomic E-state index is 6.42. The molecule has 2 heterocycles. The summed E-state index contributed by atoms with van der Waals surface area (Å²) in [5.41, 5.74) is 6.81. The Morgan fingerprint density at radius 1 is 0.286 bits per heavy atom. The molecule has 0 aliphatic rings. The number of furan rings is 2. The Morgan fingerprint density at radius 3 is 1.69 bits per heavy atom. The van der Waals surface area contributed by atoms with Gasteiger partial charge in [0.15, 0.2) is 0 Å². The maximum Gasteiger partial charge on any atom is 0.137 e. The molecule has 3 heteroatoms. The minimum Gasteiger partial charge on any atom is -0.456 e. The summed E-state index contributed by atoms with van der Waals surface area (Å²) in [6.07, 6.45) is 0. The Hall–Kier alpha value is -6.58. The summed E-state index contributed by atoms with van der Waals surface area (Å²) in [7, 11) is 0. The van der Waals surface area contributed by atoms with Crippen molar-refractivity contribution in [1.29, 1.82) is 0 Å². The van der Waals surface area contributed by atoms with Gasteiger partial charge >= 0.3 is 0 Å². The second-order valence-electron chi connectivity index (χ2n) is 12.9. The van der Waals surface area contributed by atoms with E-state index in [1.807, 2.05) is 24.3 Å². The van der Waals surface area contributed by atoms with Crippen LogP contribution in [0.2, 0.25) is 0 Å². The Kier molecular flexibility index (Phi) is 5.38. The fourth-order valence-corrected chi connectivity index (χ4v) is 7.90.